The Morgan fingerprint density at radius 1 is 0.794 bits per heavy atom. The lowest BCUT2D eigenvalue weighted by molar-refractivity contribution is 0.0875. The molecule has 34 heavy (non-hydrogen) atoms. The van der Waals surface area contributed by atoms with Gasteiger partial charge in [-0.05, 0) is 46.5 Å². The van der Waals surface area contributed by atoms with Gasteiger partial charge in [0.2, 0.25) is 5.75 Å². The van der Waals surface area contributed by atoms with E-state index in [9.17, 15) is 5.11 Å². The van der Waals surface area contributed by atoms with Crippen LogP contribution >= 0.6 is 0 Å². The Labute approximate surface area is 200 Å². The number of rotatable bonds is 9. The lowest BCUT2D eigenvalue weighted by atomic mass is 9.96. The van der Waals surface area contributed by atoms with Gasteiger partial charge in [0.1, 0.15) is 6.61 Å². The molecule has 0 saturated heterocycles. The zero-order valence-corrected chi connectivity index (χ0v) is 20.0. The molecule has 0 bridgehead atoms. The molecule has 4 rings (SSSR count). The Balaban J connectivity index is 1.54. The number of ether oxygens (including phenoxy) is 5. The first-order chi connectivity index (χ1) is 16.6. The van der Waals surface area contributed by atoms with Crippen LogP contribution in [0.5, 0.6) is 28.7 Å². The number of benzene rings is 3. The average molecular weight is 466 g/mol. The van der Waals surface area contributed by atoms with E-state index in [1.54, 1.807) is 28.4 Å². The Morgan fingerprint density at radius 3 is 2.09 bits per heavy atom. The number of methoxy groups -OCH3 is 4. The highest BCUT2D eigenvalue weighted by atomic mass is 16.5. The first-order valence-electron chi connectivity index (χ1n) is 11.1. The summed E-state index contributed by atoms with van der Waals surface area (Å²) in [6.07, 6.45) is -0.643. The summed E-state index contributed by atoms with van der Waals surface area (Å²) in [5.74, 6) is 3.05. The highest BCUT2D eigenvalue weighted by molar-refractivity contribution is 5.54. The van der Waals surface area contributed by atoms with Crippen molar-refractivity contribution in [3.63, 3.8) is 0 Å². The maximum absolute atomic E-state index is 11.0. The molecule has 7 heteroatoms. The molecule has 1 atom stereocenters. The summed E-state index contributed by atoms with van der Waals surface area (Å²) < 4.78 is 28.0. The van der Waals surface area contributed by atoms with E-state index >= 15 is 0 Å². The number of hydrogen-bond acceptors (Lipinski definition) is 7. The SMILES string of the molecule is COc1cc2c(cc1OCc1ccccc1)C(O)CN(Cc1cc(OC)c(OC)c(OC)c1)C2. The molecule has 0 aliphatic carbocycles. The van der Waals surface area contributed by atoms with Gasteiger partial charge in [-0.1, -0.05) is 30.3 Å². The first-order valence-corrected chi connectivity index (χ1v) is 11.1. The van der Waals surface area contributed by atoms with Crippen LogP contribution < -0.4 is 23.7 Å². The molecule has 180 valence electrons. The van der Waals surface area contributed by atoms with Crippen molar-refractivity contribution in [2.45, 2.75) is 25.8 Å². The third-order valence-electron chi connectivity index (χ3n) is 5.98. The van der Waals surface area contributed by atoms with Gasteiger partial charge in [0.25, 0.3) is 0 Å². The number of aliphatic hydroxyl groups is 1. The van der Waals surface area contributed by atoms with Crippen LogP contribution in [-0.4, -0.2) is 45.0 Å². The van der Waals surface area contributed by atoms with Gasteiger partial charge in [-0.25, -0.2) is 0 Å². The van der Waals surface area contributed by atoms with Crippen LogP contribution in [0.4, 0.5) is 0 Å². The molecular formula is C27H31NO6. The Bertz CT molecular complexity index is 1090. The first kappa shape index (κ1) is 23.7. The summed E-state index contributed by atoms with van der Waals surface area (Å²) in [6.45, 7) is 2.20. The number of hydrogen-bond donors (Lipinski definition) is 1. The lowest BCUT2D eigenvalue weighted by Gasteiger charge is -2.33. The van der Waals surface area contributed by atoms with Crippen molar-refractivity contribution in [2.24, 2.45) is 0 Å². The molecule has 1 heterocycles. The van der Waals surface area contributed by atoms with Gasteiger partial charge in [-0.15, -0.1) is 0 Å². The molecule has 3 aromatic rings. The quantitative estimate of drug-likeness (QED) is 0.504. The second kappa shape index (κ2) is 10.7. The molecule has 0 spiro atoms. The third-order valence-corrected chi connectivity index (χ3v) is 5.98. The highest BCUT2D eigenvalue weighted by Crippen LogP contribution is 2.40. The van der Waals surface area contributed by atoms with Crippen LogP contribution in [0.15, 0.2) is 54.6 Å². The van der Waals surface area contributed by atoms with Crippen molar-refractivity contribution in [2.75, 3.05) is 35.0 Å². The summed E-state index contributed by atoms with van der Waals surface area (Å²) in [5, 5.41) is 11.0. The summed E-state index contributed by atoms with van der Waals surface area (Å²) in [4.78, 5) is 2.18. The van der Waals surface area contributed by atoms with Crippen molar-refractivity contribution < 1.29 is 28.8 Å². The van der Waals surface area contributed by atoms with E-state index in [0.717, 1.165) is 22.3 Å². The fourth-order valence-corrected chi connectivity index (χ4v) is 4.33. The predicted octanol–water partition coefficient (Wildman–Crippen LogP) is 4.35. The van der Waals surface area contributed by atoms with Gasteiger partial charge in [0, 0.05) is 19.6 Å². The minimum absolute atomic E-state index is 0.430. The largest absolute Gasteiger partial charge is 0.493 e. The van der Waals surface area contributed by atoms with Crippen molar-refractivity contribution in [3.05, 3.63) is 76.9 Å². The lowest BCUT2D eigenvalue weighted by Crippen LogP contribution is -2.33. The smallest absolute Gasteiger partial charge is 0.203 e. The molecule has 1 N–H and O–H groups in total. The van der Waals surface area contributed by atoms with Crippen molar-refractivity contribution >= 4 is 0 Å². The van der Waals surface area contributed by atoms with Crippen LogP contribution in [0, 0.1) is 0 Å². The maximum atomic E-state index is 11.0. The van der Waals surface area contributed by atoms with E-state index in [4.69, 9.17) is 23.7 Å². The Hall–Kier alpha value is -3.42. The zero-order valence-electron chi connectivity index (χ0n) is 20.0. The number of β-amino-alcohol motifs (C(OH)–C–C–N with tert-alkyl or cyclic N) is 1. The van der Waals surface area contributed by atoms with Crippen molar-refractivity contribution in [1.29, 1.82) is 0 Å². The molecule has 0 amide bonds. The summed E-state index contributed by atoms with van der Waals surface area (Å²) in [7, 11) is 6.42. The Morgan fingerprint density at radius 2 is 1.47 bits per heavy atom. The number of aliphatic hydroxyl groups excluding tert-OH is 1. The molecule has 0 saturated carbocycles. The minimum atomic E-state index is -0.643. The molecule has 1 aliphatic heterocycles. The van der Waals surface area contributed by atoms with E-state index in [1.165, 1.54) is 0 Å². The van der Waals surface area contributed by atoms with Crippen LogP contribution in [0.25, 0.3) is 0 Å². The van der Waals surface area contributed by atoms with Gasteiger partial charge in [-0.2, -0.15) is 0 Å². The van der Waals surface area contributed by atoms with Gasteiger partial charge < -0.3 is 28.8 Å². The van der Waals surface area contributed by atoms with E-state index in [1.807, 2.05) is 54.6 Å². The average Bonchev–Trinajstić information content (AvgIpc) is 2.87. The van der Waals surface area contributed by atoms with E-state index < -0.39 is 6.10 Å². The van der Waals surface area contributed by atoms with Gasteiger partial charge in [0.15, 0.2) is 23.0 Å². The summed E-state index contributed by atoms with van der Waals surface area (Å²) >= 11 is 0. The number of nitrogens with zero attached hydrogens (tertiary/aromatic N) is 1. The van der Waals surface area contributed by atoms with Gasteiger partial charge in [-0.3, -0.25) is 4.90 Å². The fourth-order valence-electron chi connectivity index (χ4n) is 4.33. The van der Waals surface area contributed by atoms with E-state index in [2.05, 4.69) is 4.90 Å². The molecule has 7 nitrogen and oxygen atoms in total. The van der Waals surface area contributed by atoms with E-state index in [0.29, 0.717) is 55.0 Å². The van der Waals surface area contributed by atoms with Crippen molar-refractivity contribution in [3.8, 4) is 28.7 Å². The standard InChI is InChI=1S/C27H31NO6/c1-30-23-12-20-15-28(14-19-10-25(31-2)27(33-4)26(11-19)32-3)16-22(29)21(20)13-24(23)34-17-18-8-6-5-7-9-18/h5-13,22,29H,14-17H2,1-4H3. The topological polar surface area (TPSA) is 69.6 Å². The monoisotopic (exact) mass is 465 g/mol. The third kappa shape index (κ3) is 5.05. The van der Waals surface area contributed by atoms with Gasteiger partial charge >= 0.3 is 0 Å². The molecule has 0 aromatic heterocycles. The summed E-state index contributed by atoms with van der Waals surface area (Å²) in [6, 6.07) is 17.7. The minimum Gasteiger partial charge on any atom is -0.493 e. The summed E-state index contributed by atoms with van der Waals surface area (Å²) in [5.41, 5.74) is 3.94. The number of fused-ring (bicyclic) bond motifs is 1. The fraction of sp³-hybridized carbons (Fsp3) is 0.333. The second-order valence-corrected chi connectivity index (χ2v) is 8.20. The van der Waals surface area contributed by atoms with Gasteiger partial charge in [0.05, 0.1) is 34.5 Å². The van der Waals surface area contributed by atoms with Crippen LogP contribution in [-0.2, 0) is 19.7 Å². The van der Waals surface area contributed by atoms with Crippen LogP contribution in [0.2, 0.25) is 0 Å². The van der Waals surface area contributed by atoms with Crippen LogP contribution in [0.3, 0.4) is 0 Å². The van der Waals surface area contributed by atoms with Crippen LogP contribution in [0.1, 0.15) is 28.4 Å². The second-order valence-electron chi connectivity index (χ2n) is 8.20. The molecular weight excluding hydrogens is 434 g/mol. The predicted molar refractivity (Wildman–Crippen MR) is 129 cm³/mol. The zero-order chi connectivity index (χ0) is 24.1. The molecule has 1 unspecified atom stereocenters. The maximum Gasteiger partial charge on any atom is 0.203 e. The molecule has 0 fully saturated rings. The van der Waals surface area contributed by atoms with E-state index in [-0.39, 0.29) is 0 Å². The molecule has 3 aromatic carbocycles. The highest BCUT2D eigenvalue weighted by Gasteiger charge is 2.27. The molecule has 1 aliphatic rings. The normalized spacial score (nSPS) is 15.4. The van der Waals surface area contributed by atoms with Crippen molar-refractivity contribution in [1.82, 2.24) is 4.90 Å². The molecule has 0 radical (unpaired) electrons. The Kier molecular flexibility index (Phi) is 7.45.